The van der Waals surface area contributed by atoms with Crippen molar-refractivity contribution < 1.29 is 4.74 Å². The van der Waals surface area contributed by atoms with E-state index >= 15 is 0 Å². The number of benzene rings is 1. The molecule has 0 aliphatic heterocycles. The fraction of sp³-hybridized carbons (Fsp3) is 0.214. The molecule has 2 rings (SSSR count). The molecular weight excluding hydrogens is 283 g/mol. The zero-order valence-corrected chi connectivity index (χ0v) is 12.2. The number of halogens is 2. The van der Waals surface area contributed by atoms with E-state index < -0.39 is 0 Å². The van der Waals surface area contributed by atoms with Crippen LogP contribution in [0.1, 0.15) is 11.1 Å². The molecule has 0 radical (unpaired) electrons. The molecule has 0 fully saturated rings. The van der Waals surface area contributed by atoms with Crippen molar-refractivity contribution >= 4 is 28.9 Å². The number of aromatic nitrogens is 1. The van der Waals surface area contributed by atoms with E-state index in [-0.39, 0.29) is 0 Å². The third-order valence-electron chi connectivity index (χ3n) is 2.77. The number of pyridine rings is 1. The zero-order valence-electron chi connectivity index (χ0n) is 10.7. The topological polar surface area (TPSA) is 34.1 Å². The minimum Gasteiger partial charge on any atom is -0.497 e. The number of hydrogen-bond acceptors (Lipinski definition) is 3. The highest BCUT2D eigenvalue weighted by molar-refractivity contribution is 6.34. The molecule has 0 saturated carbocycles. The molecule has 0 bridgehead atoms. The minimum absolute atomic E-state index is 0.388. The predicted octanol–water partition coefficient (Wildman–Crippen LogP) is 4.32. The molecule has 1 aromatic heterocycles. The lowest BCUT2D eigenvalue weighted by Gasteiger charge is -2.11. The van der Waals surface area contributed by atoms with Gasteiger partial charge in [-0.2, -0.15) is 0 Å². The van der Waals surface area contributed by atoms with Gasteiger partial charge in [0.2, 0.25) is 0 Å². The van der Waals surface area contributed by atoms with E-state index in [2.05, 4.69) is 10.3 Å². The van der Waals surface area contributed by atoms with Crippen LogP contribution < -0.4 is 10.1 Å². The van der Waals surface area contributed by atoms with Gasteiger partial charge in [0.15, 0.2) is 5.15 Å². The summed E-state index contributed by atoms with van der Waals surface area (Å²) in [6.07, 6.45) is 0. The molecule has 0 spiro atoms. The van der Waals surface area contributed by atoms with E-state index in [1.807, 2.05) is 31.2 Å². The van der Waals surface area contributed by atoms with Crippen molar-refractivity contribution in [2.75, 3.05) is 12.4 Å². The summed E-state index contributed by atoms with van der Waals surface area (Å²) in [7, 11) is 1.65. The first-order valence-corrected chi connectivity index (χ1v) is 6.55. The van der Waals surface area contributed by atoms with Gasteiger partial charge in [-0.3, -0.25) is 0 Å². The molecule has 3 nitrogen and oxygen atoms in total. The fourth-order valence-corrected chi connectivity index (χ4v) is 2.34. The van der Waals surface area contributed by atoms with E-state index in [0.717, 1.165) is 22.6 Å². The van der Waals surface area contributed by atoms with Crippen molar-refractivity contribution in [2.45, 2.75) is 13.5 Å². The maximum Gasteiger partial charge on any atom is 0.154 e. The van der Waals surface area contributed by atoms with Crippen LogP contribution in [-0.4, -0.2) is 12.1 Å². The van der Waals surface area contributed by atoms with E-state index in [0.29, 0.717) is 16.9 Å². The highest BCUT2D eigenvalue weighted by Crippen LogP contribution is 2.27. The van der Waals surface area contributed by atoms with Crippen molar-refractivity contribution in [2.24, 2.45) is 0 Å². The van der Waals surface area contributed by atoms with Crippen molar-refractivity contribution in [1.82, 2.24) is 4.98 Å². The lowest BCUT2D eigenvalue weighted by Crippen LogP contribution is -2.02. The molecular formula is C14H14Cl2N2O. The molecule has 1 aromatic carbocycles. The van der Waals surface area contributed by atoms with Crippen LogP contribution in [0.25, 0.3) is 0 Å². The monoisotopic (exact) mass is 296 g/mol. The quantitative estimate of drug-likeness (QED) is 0.853. The molecule has 1 heterocycles. The Labute approximate surface area is 122 Å². The molecule has 1 N–H and O–H groups in total. The normalized spacial score (nSPS) is 10.3. The molecule has 0 unspecified atom stereocenters. The second-order valence-electron chi connectivity index (χ2n) is 4.13. The summed E-state index contributed by atoms with van der Waals surface area (Å²) in [5, 5.41) is 4.06. The van der Waals surface area contributed by atoms with Gasteiger partial charge < -0.3 is 10.1 Å². The lowest BCUT2D eigenvalue weighted by atomic mass is 10.2. The highest BCUT2D eigenvalue weighted by Gasteiger charge is 2.07. The second kappa shape index (κ2) is 6.13. The molecule has 2 aromatic rings. The third-order valence-corrected chi connectivity index (χ3v) is 3.24. The van der Waals surface area contributed by atoms with Gasteiger partial charge in [-0.15, -0.1) is 0 Å². The van der Waals surface area contributed by atoms with Crippen LogP contribution in [0.2, 0.25) is 10.3 Å². The summed E-state index contributed by atoms with van der Waals surface area (Å²) in [5.74, 6) is 0.839. The Morgan fingerprint density at radius 1 is 1.21 bits per heavy atom. The third kappa shape index (κ3) is 3.52. The van der Waals surface area contributed by atoms with Crippen LogP contribution in [0.15, 0.2) is 30.3 Å². The molecule has 100 valence electrons. The number of aryl methyl sites for hydroxylation is 1. The predicted molar refractivity (Wildman–Crippen MR) is 79.3 cm³/mol. The summed E-state index contributed by atoms with van der Waals surface area (Å²) >= 11 is 11.9. The average Bonchev–Trinajstić information content (AvgIpc) is 2.38. The average molecular weight is 297 g/mol. The molecule has 19 heavy (non-hydrogen) atoms. The largest absolute Gasteiger partial charge is 0.497 e. The van der Waals surface area contributed by atoms with E-state index in [9.17, 15) is 0 Å². The van der Waals surface area contributed by atoms with Crippen LogP contribution in [0, 0.1) is 6.92 Å². The SMILES string of the molecule is COc1ccc(CNc2c(C)cc(Cl)nc2Cl)cc1. The summed E-state index contributed by atoms with van der Waals surface area (Å²) in [4.78, 5) is 4.02. The summed E-state index contributed by atoms with van der Waals surface area (Å²) in [5.41, 5.74) is 2.91. The molecule has 0 saturated heterocycles. The number of rotatable bonds is 4. The smallest absolute Gasteiger partial charge is 0.154 e. The maximum absolute atomic E-state index is 6.07. The number of methoxy groups -OCH3 is 1. The summed E-state index contributed by atoms with van der Waals surface area (Å²) < 4.78 is 5.12. The van der Waals surface area contributed by atoms with Gasteiger partial charge in [0, 0.05) is 6.54 Å². The Morgan fingerprint density at radius 3 is 2.47 bits per heavy atom. The van der Waals surface area contributed by atoms with Crippen LogP contribution in [0.5, 0.6) is 5.75 Å². The number of ether oxygens (including phenoxy) is 1. The van der Waals surface area contributed by atoms with Gasteiger partial charge in [0.05, 0.1) is 12.8 Å². The Bertz CT molecular complexity index is 547. The van der Waals surface area contributed by atoms with Gasteiger partial charge in [-0.25, -0.2) is 4.98 Å². The van der Waals surface area contributed by atoms with Gasteiger partial charge in [0.1, 0.15) is 10.9 Å². The number of hydrogen-bond donors (Lipinski definition) is 1. The van der Waals surface area contributed by atoms with Gasteiger partial charge in [-0.1, -0.05) is 35.3 Å². The van der Waals surface area contributed by atoms with E-state index in [1.54, 1.807) is 13.2 Å². The van der Waals surface area contributed by atoms with Gasteiger partial charge in [-0.05, 0) is 36.2 Å². The number of nitrogens with zero attached hydrogens (tertiary/aromatic N) is 1. The Hall–Kier alpha value is -1.45. The van der Waals surface area contributed by atoms with Gasteiger partial charge >= 0.3 is 0 Å². The Balaban J connectivity index is 2.10. The fourth-order valence-electron chi connectivity index (χ4n) is 1.74. The van der Waals surface area contributed by atoms with Crippen LogP contribution in [0.4, 0.5) is 5.69 Å². The van der Waals surface area contributed by atoms with Crippen molar-refractivity contribution in [3.8, 4) is 5.75 Å². The van der Waals surface area contributed by atoms with E-state index in [4.69, 9.17) is 27.9 Å². The number of anilines is 1. The van der Waals surface area contributed by atoms with Crippen LogP contribution >= 0.6 is 23.2 Å². The zero-order chi connectivity index (χ0) is 13.8. The maximum atomic E-state index is 6.07. The molecule has 0 amide bonds. The Kier molecular flexibility index (Phi) is 4.51. The van der Waals surface area contributed by atoms with Crippen LogP contribution in [-0.2, 0) is 6.54 Å². The summed E-state index contributed by atoms with van der Waals surface area (Å²) in [6, 6.07) is 9.62. The minimum atomic E-state index is 0.388. The van der Waals surface area contributed by atoms with E-state index in [1.165, 1.54) is 0 Å². The summed E-state index contributed by atoms with van der Waals surface area (Å²) in [6.45, 7) is 2.60. The highest BCUT2D eigenvalue weighted by atomic mass is 35.5. The lowest BCUT2D eigenvalue weighted by molar-refractivity contribution is 0.414. The first-order chi connectivity index (χ1) is 9.10. The standard InChI is InChI=1S/C14H14Cl2N2O/c1-9-7-12(15)18-14(16)13(9)17-8-10-3-5-11(19-2)6-4-10/h3-7,17H,8H2,1-2H3. The first-order valence-electron chi connectivity index (χ1n) is 5.79. The molecule has 0 aliphatic rings. The van der Waals surface area contributed by atoms with Crippen molar-refractivity contribution in [1.29, 1.82) is 0 Å². The van der Waals surface area contributed by atoms with Crippen LogP contribution in [0.3, 0.4) is 0 Å². The molecule has 0 aliphatic carbocycles. The van der Waals surface area contributed by atoms with Crippen molar-refractivity contribution in [3.05, 3.63) is 51.8 Å². The Morgan fingerprint density at radius 2 is 1.89 bits per heavy atom. The van der Waals surface area contributed by atoms with Gasteiger partial charge in [0.25, 0.3) is 0 Å². The first kappa shape index (κ1) is 14.0. The molecule has 5 heteroatoms. The van der Waals surface area contributed by atoms with Crippen molar-refractivity contribution in [3.63, 3.8) is 0 Å². The number of nitrogens with one attached hydrogen (secondary N) is 1. The second-order valence-corrected chi connectivity index (χ2v) is 4.87. The molecule has 0 atom stereocenters.